The second kappa shape index (κ2) is 4.32. The quantitative estimate of drug-likeness (QED) is 0.440. The summed E-state index contributed by atoms with van der Waals surface area (Å²) < 4.78 is 4.38. The Bertz CT molecular complexity index is 352. The molecule has 2 heteroatoms. The summed E-state index contributed by atoms with van der Waals surface area (Å²) in [5.74, 6) is 4.54. The molecule has 0 N–H and O–H groups in total. The molecular formula is C11H10O2. The van der Waals surface area contributed by atoms with E-state index < -0.39 is 5.97 Å². The van der Waals surface area contributed by atoms with Crippen molar-refractivity contribution in [3.8, 4) is 11.8 Å². The van der Waals surface area contributed by atoms with Crippen LogP contribution in [0.1, 0.15) is 11.1 Å². The number of ether oxygens (including phenoxy) is 1. The van der Waals surface area contributed by atoms with Crippen molar-refractivity contribution in [3.05, 3.63) is 35.4 Å². The molecule has 0 aliphatic carbocycles. The molecule has 2 nitrogen and oxygen atoms in total. The van der Waals surface area contributed by atoms with E-state index in [1.807, 2.05) is 31.2 Å². The summed E-state index contributed by atoms with van der Waals surface area (Å²) in [5.41, 5.74) is 1.99. The Morgan fingerprint density at radius 3 is 2.46 bits per heavy atom. The molecule has 0 saturated carbocycles. The van der Waals surface area contributed by atoms with E-state index in [0.717, 1.165) is 5.56 Å². The van der Waals surface area contributed by atoms with Gasteiger partial charge >= 0.3 is 5.97 Å². The Kier molecular flexibility index (Phi) is 3.10. The standard InChI is InChI=1S/C11H10O2/c1-9-3-5-10(6-4-9)7-8-11(12)13-2/h3-6H,1-2H3. The van der Waals surface area contributed by atoms with E-state index >= 15 is 0 Å². The first-order chi connectivity index (χ1) is 6.22. The minimum absolute atomic E-state index is 0.513. The maximum atomic E-state index is 10.7. The summed E-state index contributed by atoms with van der Waals surface area (Å²) in [6.07, 6.45) is 0. The predicted molar refractivity (Wildman–Crippen MR) is 50.1 cm³/mol. The third kappa shape index (κ3) is 3.00. The number of methoxy groups -OCH3 is 1. The SMILES string of the molecule is COC(=O)C#Cc1ccc(C)cc1. The normalized spacial score (nSPS) is 8.46. The molecule has 0 amide bonds. The van der Waals surface area contributed by atoms with Gasteiger partial charge in [-0.05, 0) is 19.1 Å². The lowest BCUT2D eigenvalue weighted by atomic mass is 10.2. The lowest BCUT2D eigenvalue weighted by Crippen LogP contribution is -1.94. The molecule has 0 spiro atoms. The van der Waals surface area contributed by atoms with Crippen molar-refractivity contribution in [3.63, 3.8) is 0 Å². The molecule has 0 unspecified atom stereocenters. The highest BCUT2D eigenvalue weighted by molar-refractivity contribution is 5.88. The molecule has 0 heterocycles. The van der Waals surface area contributed by atoms with Crippen LogP contribution in [-0.4, -0.2) is 13.1 Å². The maximum absolute atomic E-state index is 10.7. The van der Waals surface area contributed by atoms with E-state index in [2.05, 4.69) is 16.6 Å². The first-order valence-electron chi connectivity index (χ1n) is 3.89. The Morgan fingerprint density at radius 2 is 1.92 bits per heavy atom. The Balaban J connectivity index is 2.78. The molecule has 0 aliphatic heterocycles. The average Bonchev–Trinajstić information content (AvgIpc) is 2.16. The van der Waals surface area contributed by atoms with Gasteiger partial charge in [0.05, 0.1) is 7.11 Å². The van der Waals surface area contributed by atoms with Crippen molar-refractivity contribution in [2.24, 2.45) is 0 Å². The van der Waals surface area contributed by atoms with Gasteiger partial charge in [-0.15, -0.1) is 0 Å². The van der Waals surface area contributed by atoms with Crippen LogP contribution in [0.25, 0.3) is 0 Å². The molecule has 0 bridgehead atoms. The number of hydrogen-bond acceptors (Lipinski definition) is 2. The number of aryl methyl sites for hydroxylation is 1. The molecule has 1 aromatic rings. The zero-order valence-corrected chi connectivity index (χ0v) is 7.63. The fourth-order valence-electron chi connectivity index (χ4n) is 0.811. The molecule has 0 atom stereocenters. The van der Waals surface area contributed by atoms with Crippen LogP contribution in [-0.2, 0) is 9.53 Å². The largest absolute Gasteiger partial charge is 0.459 e. The van der Waals surface area contributed by atoms with Crippen LogP contribution in [0, 0.1) is 18.8 Å². The molecular weight excluding hydrogens is 164 g/mol. The molecule has 0 aromatic heterocycles. The summed E-state index contributed by atoms with van der Waals surface area (Å²) in [6, 6.07) is 7.62. The highest BCUT2D eigenvalue weighted by Crippen LogP contribution is 2.00. The van der Waals surface area contributed by atoms with Crippen molar-refractivity contribution < 1.29 is 9.53 Å². The van der Waals surface area contributed by atoms with Gasteiger partial charge in [0.15, 0.2) is 0 Å². The van der Waals surface area contributed by atoms with Crippen LogP contribution in [0.15, 0.2) is 24.3 Å². The molecule has 1 rings (SSSR count). The monoisotopic (exact) mass is 174 g/mol. The fourth-order valence-corrected chi connectivity index (χ4v) is 0.811. The minimum atomic E-state index is -0.513. The van der Waals surface area contributed by atoms with E-state index in [4.69, 9.17) is 0 Å². The van der Waals surface area contributed by atoms with E-state index in [1.54, 1.807) is 0 Å². The smallest absolute Gasteiger partial charge is 0.384 e. The molecule has 1 aromatic carbocycles. The molecule has 66 valence electrons. The van der Waals surface area contributed by atoms with Gasteiger partial charge in [-0.1, -0.05) is 23.6 Å². The van der Waals surface area contributed by atoms with Crippen molar-refractivity contribution >= 4 is 5.97 Å². The van der Waals surface area contributed by atoms with Crippen LogP contribution in [0.4, 0.5) is 0 Å². The van der Waals surface area contributed by atoms with Gasteiger partial charge in [-0.25, -0.2) is 4.79 Å². The van der Waals surface area contributed by atoms with Gasteiger partial charge in [-0.3, -0.25) is 0 Å². The third-order valence-electron chi connectivity index (χ3n) is 1.55. The number of carbonyl (C=O) groups excluding carboxylic acids is 1. The van der Waals surface area contributed by atoms with E-state index in [-0.39, 0.29) is 0 Å². The summed E-state index contributed by atoms with van der Waals surface area (Å²) in [7, 11) is 1.31. The van der Waals surface area contributed by atoms with Crippen LogP contribution in [0.5, 0.6) is 0 Å². The van der Waals surface area contributed by atoms with Crippen molar-refractivity contribution in [2.45, 2.75) is 6.92 Å². The topological polar surface area (TPSA) is 26.3 Å². The first-order valence-corrected chi connectivity index (χ1v) is 3.89. The first kappa shape index (κ1) is 9.34. The summed E-state index contributed by atoms with van der Waals surface area (Å²) in [6.45, 7) is 2.00. The lowest BCUT2D eigenvalue weighted by Gasteiger charge is -1.91. The summed E-state index contributed by atoms with van der Waals surface area (Å²) in [4.78, 5) is 10.7. The molecule has 0 aliphatic rings. The van der Waals surface area contributed by atoms with Gasteiger partial charge in [0.2, 0.25) is 0 Å². The van der Waals surface area contributed by atoms with E-state index in [0.29, 0.717) is 0 Å². The Morgan fingerprint density at radius 1 is 1.31 bits per heavy atom. The van der Waals surface area contributed by atoms with Crippen LogP contribution >= 0.6 is 0 Å². The van der Waals surface area contributed by atoms with Crippen molar-refractivity contribution in [1.29, 1.82) is 0 Å². The highest BCUT2D eigenvalue weighted by atomic mass is 16.5. The van der Waals surface area contributed by atoms with Crippen LogP contribution in [0.3, 0.4) is 0 Å². The highest BCUT2D eigenvalue weighted by Gasteiger charge is 1.90. The van der Waals surface area contributed by atoms with E-state index in [9.17, 15) is 4.79 Å². The van der Waals surface area contributed by atoms with Gasteiger partial charge in [0, 0.05) is 11.5 Å². The van der Waals surface area contributed by atoms with Crippen molar-refractivity contribution in [1.82, 2.24) is 0 Å². The predicted octanol–water partition coefficient (Wildman–Crippen LogP) is 1.52. The number of carbonyl (C=O) groups is 1. The van der Waals surface area contributed by atoms with Crippen LogP contribution < -0.4 is 0 Å². The summed E-state index contributed by atoms with van der Waals surface area (Å²) >= 11 is 0. The average molecular weight is 174 g/mol. The molecule has 0 fully saturated rings. The summed E-state index contributed by atoms with van der Waals surface area (Å²) in [5, 5.41) is 0. The fraction of sp³-hybridized carbons (Fsp3) is 0.182. The van der Waals surface area contributed by atoms with Crippen LogP contribution in [0.2, 0.25) is 0 Å². The number of rotatable bonds is 0. The lowest BCUT2D eigenvalue weighted by molar-refractivity contribution is -0.133. The third-order valence-corrected chi connectivity index (χ3v) is 1.55. The molecule has 0 saturated heterocycles. The minimum Gasteiger partial charge on any atom is -0.459 e. The van der Waals surface area contributed by atoms with Gasteiger partial charge < -0.3 is 4.74 Å². The van der Waals surface area contributed by atoms with Gasteiger partial charge in [-0.2, -0.15) is 0 Å². The van der Waals surface area contributed by atoms with E-state index in [1.165, 1.54) is 12.7 Å². The number of esters is 1. The van der Waals surface area contributed by atoms with Gasteiger partial charge in [0.25, 0.3) is 0 Å². The number of benzene rings is 1. The Hall–Kier alpha value is -1.75. The second-order valence-electron chi connectivity index (χ2n) is 2.61. The maximum Gasteiger partial charge on any atom is 0.384 e. The second-order valence-corrected chi connectivity index (χ2v) is 2.61. The molecule has 0 radical (unpaired) electrons. The zero-order valence-electron chi connectivity index (χ0n) is 7.63. The zero-order chi connectivity index (χ0) is 9.68. The Labute approximate surface area is 77.5 Å². The van der Waals surface area contributed by atoms with Crippen molar-refractivity contribution in [2.75, 3.05) is 7.11 Å². The number of hydrogen-bond donors (Lipinski definition) is 0. The van der Waals surface area contributed by atoms with Gasteiger partial charge in [0.1, 0.15) is 0 Å². The molecule has 13 heavy (non-hydrogen) atoms.